The molecule has 1 aromatic carbocycles. The molecule has 1 atom stereocenters. The van der Waals surface area contributed by atoms with Gasteiger partial charge in [-0.15, -0.1) is 0 Å². The molecule has 0 spiro atoms. The molecule has 0 fully saturated rings. The van der Waals surface area contributed by atoms with Crippen LogP contribution >= 0.6 is 15.9 Å². The molecule has 2 N–H and O–H groups in total. The Balaban J connectivity index is 2.34. The maximum absolute atomic E-state index is 13.2. The van der Waals surface area contributed by atoms with Crippen LogP contribution in [-0.2, 0) is 0 Å². The third-order valence-electron chi connectivity index (χ3n) is 2.52. The normalized spacial score (nSPS) is 13.0. The van der Waals surface area contributed by atoms with Crippen LogP contribution < -0.4 is 5.73 Å². The van der Waals surface area contributed by atoms with Crippen LogP contribution in [0, 0.1) is 5.82 Å². The molecule has 1 aromatic heterocycles. The van der Waals surface area contributed by atoms with Gasteiger partial charge < -0.3 is 10.3 Å². The molecule has 0 radical (unpaired) electrons. The van der Waals surface area contributed by atoms with E-state index in [2.05, 4.69) is 26.1 Å². The second-order valence-corrected chi connectivity index (χ2v) is 5.14. The predicted molar refractivity (Wildman–Crippen MR) is 68.5 cm³/mol. The van der Waals surface area contributed by atoms with Crippen molar-refractivity contribution in [2.75, 3.05) is 0 Å². The highest BCUT2D eigenvalue weighted by Gasteiger charge is 2.20. The van der Waals surface area contributed by atoms with Gasteiger partial charge in [0.05, 0.1) is 6.04 Å². The van der Waals surface area contributed by atoms with Crippen LogP contribution in [0.2, 0.25) is 0 Å². The first-order valence-corrected chi connectivity index (χ1v) is 6.32. The molecule has 0 aliphatic rings. The Labute approximate surface area is 113 Å². The highest BCUT2D eigenvalue weighted by atomic mass is 79.9. The summed E-state index contributed by atoms with van der Waals surface area (Å²) in [4.78, 5) is 4.21. The van der Waals surface area contributed by atoms with Crippen molar-refractivity contribution in [1.29, 1.82) is 0 Å². The lowest BCUT2D eigenvalue weighted by atomic mass is 10.1. The van der Waals surface area contributed by atoms with Gasteiger partial charge in [0.25, 0.3) is 0 Å². The summed E-state index contributed by atoms with van der Waals surface area (Å²) in [5.74, 6) is 0.656. The van der Waals surface area contributed by atoms with Crippen molar-refractivity contribution in [3.63, 3.8) is 0 Å². The molecule has 0 bridgehead atoms. The van der Waals surface area contributed by atoms with Crippen LogP contribution in [0.5, 0.6) is 0 Å². The number of aromatic nitrogens is 2. The Morgan fingerprint density at radius 2 is 2.11 bits per heavy atom. The Morgan fingerprint density at radius 3 is 2.72 bits per heavy atom. The minimum absolute atomic E-state index is 0.134. The first-order chi connectivity index (χ1) is 8.49. The molecule has 4 nitrogen and oxygen atoms in total. The van der Waals surface area contributed by atoms with E-state index < -0.39 is 6.04 Å². The smallest absolute Gasteiger partial charge is 0.229 e. The van der Waals surface area contributed by atoms with Gasteiger partial charge in [-0.3, -0.25) is 0 Å². The zero-order valence-electron chi connectivity index (χ0n) is 10.0. The summed E-state index contributed by atoms with van der Waals surface area (Å²) in [6.07, 6.45) is 0. The quantitative estimate of drug-likeness (QED) is 0.945. The summed E-state index contributed by atoms with van der Waals surface area (Å²) in [6.45, 7) is 3.89. The van der Waals surface area contributed by atoms with Crippen molar-refractivity contribution in [2.45, 2.75) is 25.8 Å². The van der Waals surface area contributed by atoms with Gasteiger partial charge >= 0.3 is 0 Å². The summed E-state index contributed by atoms with van der Waals surface area (Å²) in [6, 6.07) is 3.70. The lowest BCUT2D eigenvalue weighted by Crippen LogP contribution is -2.14. The van der Waals surface area contributed by atoms with Crippen molar-refractivity contribution in [1.82, 2.24) is 10.1 Å². The van der Waals surface area contributed by atoms with Crippen molar-refractivity contribution >= 4 is 15.9 Å². The van der Waals surface area contributed by atoms with Gasteiger partial charge in [0.1, 0.15) is 5.82 Å². The Morgan fingerprint density at radius 1 is 1.39 bits per heavy atom. The zero-order valence-corrected chi connectivity index (χ0v) is 11.6. The molecule has 0 aliphatic heterocycles. The fourth-order valence-corrected chi connectivity index (χ4v) is 1.99. The average molecular weight is 314 g/mol. The van der Waals surface area contributed by atoms with E-state index in [1.165, 1.54) is 12.1 Å². The van der Waals surface area contributed by atoms with Gasteiger partial charge in [0.2, 0.25) is 5.89 Å². The fraction of sp³-hybridized carbons (Fsp3) is 0.333. The van der Waals surface area contributed by atoms with Crippen LogP contribution in [-0.4, -0.2) is 10.1 Å². The molecule has 6 heteroatoms. The van der Waals surface area contributed by atoms with Gasteiger partial charge in [0.15, 0.2) is 5.82 Å². The van der Waals surface area contributed by atoms with E-state index in [-0.39, 0.29) is 11.7 Å². The molecule has 18 heavy (non-hydrogen) atoms. The van der Waals surface area contributed by atoms with Crippen molar-refractivity contribution in [3.05, 3.63) is 45.8 Å². The van der Waals surface area contributed by atoms with E-state index in [9.17, 15) is 4.39 Å². The summed E-state index contributed by atoms with van der Waals surface area (Å²) in [7, 11) is 0. The van der Waals surface area contributed by atoms with Crippen LogP contribution in [0.15, 0.2) is 27.2 Å². The Kier molecular flexibility index (Phi) is 3.77. The predicted octanol–water partition coefficient (Wildman–Crippen LogP) is 3.14. The second kappa shape index (κ2) is 5.16. The number of nitrogens with two attached hydrogens (primary N) is 1. The van der Waals surface area contributed by atoms with Crippen LogP contribution in [0.25, 0.3) is 0 Å². The largest absolute Gasteiger partial charge is 0.339 e. The van der Waals surface area contributed by atoms with E-state index in [4.69, 9.17) is 10.3 Å². The highest BCUT2D eigenvalue weighted by molar-refractivity contribution is 9.10. The standard InChI is InChI=1S/C12H13BrFN3O/c1-6(2)12-16-11(17-18-12)10(15)8-5-7(14)3-4-9(8)13/h3-6,10H,15H2,1-2H3. The van der Waals surface area contributed by atoms with E-state index in [0.29, 0.717) is 21.8 Å². The lowest BCUT2D eigenvalue weighted by molar-refractivity contribution is 0.359. The molecule has 0 amide bonds. The molecule has 2 rings (SSSR count). The number of nitrogens with zero attached hydrogens (tertiary/aromatic N) is 2. The average Bonchev–Trinajstić information content (AvgIpc) is 2.81. The molecule has 2 aromatic rings. The minimum Gasteiger partial charge on any atom is -0.339 e. The third kappa shape index (κ3) is 2.59. The van der Waals surface area contributed by atoms with Gasteiger partial charge in [-0.1, -0.05) is 34.9 Å². The summed E-state index contributed by atoms with van der Waals surface area (Å²) >= 11 is 3.33. The van der Waals surface area contributed by atoms with Crippen molar-refractivity contribution < 1.29 is 8.91 Å². The summed E-state index contributed by atoms with van der Waals surface area (Å²) < 4.78 is 19.0. The fourth-order valence-electron chi connectivity index (χ4n) is 1.50. The maximum Gasteiger partial charge on any atom is 0.229 e. The molecule has 0 saturated heterocycles. The van der Waals surface area contributed by atoms with Gasteiger partial charge in [-0.05, 0) is 23.8 Å². The first kappa shape index (κ1) is 13.2. The van der Waals surface area contributed by atoms with Crippen LogP contribution in [0.1, 0.15) is 43.1 Å². The molecular weight excluding hydrogens is 301 g/mol. The second-order valence-electron chi connectivity index (χ2n) is 4.29. The third-order valence-corrected chi connectivity index (χ3v) is 3.24. The minimum atomic E-state index is -0.619. The SMILES string of the molecule is CC(C)c1nc(C(N)c2cc(F)ccc2Br)no1. The van der Waals surface area contributed by atoms with Gasteiger partial charge in [0, 0.05) is 10.4 Å². The summed E-state index contributed by atoms with van der Waals surface area (Å²) in [5, 5.41) is 3.83. The molecule has 1 heterocycles. The van der Waals surface area contributed by atoms with Crippen molar-refractivity contribution in [3.8, 4) is 0 Å². The van der Waals surface area contributed by atoms with E-state index in [1.54, 1.807) is 6.07 Å². The van der Waals surface area contributed by atoms with Crippen molar-refractivity contribution in [2.24, 2.45) is 5.73 Å². The topological polar surface area (TPSA) is 64.9 Å². The van der Waals surface area contributed by atoms with Gasteiger partial charge in [-0.25, -0.2) is 4.39 Å². The number of hydrogen-bond donors (Lipinski definition) is 1. The number of rotatable bonds is 3. The highest BCUT2D eigenvalue weighted by Crippen LogP contribution is 2.26. The van der Waals surface area contributed by atoms with E-state index in [0.717, 1.165) is 0 Å². The monoisotopic (exact) mass is 313 g/mol. The molecule has 1 unspecified atom stereocenters. The maximum atomic E-state index is 13.2. The summed E-state index contributed by atoms with van der Waals surface area (Å²) in [5.41, 5.74) is 6.61. The van der Waals surface area contributed by atoms with Crippen LogP contribution in [0.3, 0.4) is 0 Å². The zero-order chi connectivity index (χ0) is 13.3. The first-order valence-electron chi connectivity index (χ1n) is 5.53. The molecular formula is C12H13BrFN3O. The Bertz CT molecular complexity index is 556. The van der Waals surface area contributed by atoms with E-state index >= 15 is 0 Å². The number of benzene rings is 1. The molecule has 96 valence electrons. The number of halogens is 2. The van der Waals surface area contributed by atoms with E-state index in [1.807, 2.05) is 13.8 Å². The van der Waals surface area contributed by atoms with Gasteiger partial charge in [-0.2, -0.15) is 4.98 Å². The molecule has 0 aliphatic carbocycles. The lowest BCUT2D eigenvalue weighted by Gasteiger charge is -2.09. The number of hydrogen-bond acceptors (Lipinski definition) is 4. The molecule has 0 saturated carbocycles. The Hall–Kier alpha value is -1.27. The van der Waals surface area contributed by atoms with Crippen LogP contribution in [0.4, 0.5) is 4.39 Å².